The molecule has 2 unspecified atom stereocenters. The maximum atomic E-state index is 12.6. The molecule has 0 aromatic rings. The molecule has 0 saturated carbocycles. The molecule has 2 bridgehead atoms. The molecule has 2 atom stereocenters. The first kappa shape index (κ1) is 24.7. The molecule has 0 radical (unpaired) electrons. The van der Waals surface area contributed by atoms with Crippen LogP contribution in [0.4, 0.5) is 4.79 Å². The SMILES string of the molecule is CCNC(=NCCCSC)NC1CC2CCC(C1)N2C(=O)OC(C)(C)C.I. The van der Waals surface area contributed by atoms with Crippen molar-refractivity contribution in [3.8, 4) is 0 Å². The summed E-state index contributed by atoms with van der Waals surface area (Å²) in [4.78, 5) is 19.2. The van der Waals surface area contributed by atoms with Crippen molar-refractivity contribution in [2.24, 2.45) is 4.99 Å². The van der Waals surface area contributed by atoms with Crippen molar-refractivity contribution < 1.29 is 9.53 Å². The van der Waals surface area contributed by atoms with Gasteiger partial charge in [-0.3, -0.25) is 4.99 Å². The highest BCUT2D eigenvalue weighted by Crippen LogP contribution is 2.36. The molecule has 2 N–H and O–H groups in total. The summed E-state index contributed by atoms with van der Waals surface area (Å²) in [7, 11) is 0. The highest BCUT2D eigenvalue weighted by molar-refractivity contribution is 14.0. The summed E-state index contributed by atoms with van der Waals surface area (Å²) in [5, 5.41) is 6.94. The fraction of sp³-hybridized carbons (Fsp3) is 0.895. The predicted octanol–water partition coefficient (Wildman–Crippen LogP) is 3.84. The number of nitrogens with one attached hydrogen (secondary N) is 2. The minimum absolute atomic E-state index is 0. The molecule has 2 saturated heterocycles. The second kappa shape index (κ2) is 11.6. The Morgan fingerprint density at radius 1 is 1.26 bits per heavy atom. The quantitative estimate of drug-likeness (QED) is 0.245. The summed E-state index contributed by atoms with van der Waals surface area (Å²) in [6.07, 6.45) is 7.14. The molecule has 8 heteroatoms. The lowest BCUT2D eigenvalue weighted by Gasteiger charge is -2.40. The standard InChI is InChI=1S/C19H36N4O2S.HI/c1-6-20-17(21-10-7-11-26-5)22-14-12-15-8-9-16(13-14)23(15)18(24)25-19(2,3)4;/h14-16H,6-13H2,1-5H3,(H2,20,21,22);1H. The molecule has 2 fully saturated rings. The smallest absolute Gasteiger partial charge is 0.410 e. The van der Waals surface area contributed by atoms with E-state index in [1.807, 2.05) is 37.4 Å². The summed E-state index contributed by atoms with van der Waals surface area (Å²) >= 11 is 1.86. The number of halogens is 1. The van der Waals surface area contributed by atoms with Crippen LogP contribution in [0, 0.1) is 0 Å². The van der Waals surface area contributed by atoms with E-state index in [9.17, 15) is 4.79 Å². The lowest BCUT2D eigenvalue weighted by atomic mass is 9.98. The normalized spacial score (nSPS) is 25.0. The van der Waals surface area contributed by atoms with Gasteiger partial charge in [0.2, 0.25) is 0 Å². The number of fused-ring (bicyclic) bond motifs is 2. The van der Waals surface area contributed by atoms with E-state index in [1.54, 1.807) is 0 Å². The summed E-state index contributed by atoms with van der Waals surface area (Å²) in [5.41, 5.74) is -0.437. The summed E-state index contributed by atoms with van der Waals surface area (Å²) in [6, 6.07) is 0.922. The van der Waals surface area contributed by atoms with Crippen LogP contribution in [-0.2, 0) is 4.74 Å². The minimum Gasteiger partial charge on any atom is -0.444 e. The third-order valence-corrected chi connectivity index (χ3v) is 5.50. The number of piperidine rings is 1. The number of thioether (sulfide) groups is 1. The number of guanidine groups is 1. The third-order valence-electron chi connectivity index (χ3n) is 4.80. The van der Waals surface area contributed by atoms with Gasteiger partial charge in [-0.2, -0.15) is 11.8 Å². The van der Waals surface area contributed by atoms with E-state index in [0.29, 0.717) is 6.04 Å². The van der Waals surface area contributed by atoms with Gasteiger partial charge in [0.25, 0.3) is 0 Å². The van der Waals surface area contributed by atoms with Crippen molar-refractivity contribution >= 4 is 47.8 Å². The fourth-order valence-corrected chi connectivity index (χ4v) is 4.24. The Morgan fingerprint density at radius 3 is 2.41 bits per heavy atom. The molecule has 0 aromatic carbocycles. The number of carbonyl (C=O) groups is 1. The summed E-state index contributed by atoms with van der Waals surface area (Å²) in [6.45, 7) is 9.58. The molecule has 0 spiro atoms. The average molecular weight is 513 g/mol. The van der Waals surface area contributed by atoms with Gasteiger partial charge in [-0.15, -0.1) is 24.0 Å². The summed E-state index contributed by atoms with van der Waals surface area (Å²) in [5.74, 6) is 2.05. The van der Waals surface area contributed by atoms with Crippen LogP contribution in [0.25, 0.3) is 0 Å². The van der Waals surface area contributed by atoms with E-state index in [4.69, 9.17) is 9.73 Å². The zero-order chi connectivity index (χ0) is 19.2. The number of rotatable bonds is 6. The number of ether oxygens (including phenoxy) is 1. The van der Waals surface area contributed by atoms with E-state index in [2.05, 4.69) is 23.8 Å². The molecule has 0 aliphatic carbocycles. The number of nitrogens with zero attached hydrogens (tertiary/aromatic N) is 2. The van der Waals surface area contributed by atoms with Crippen molar-refractivity contribution in [1.82, 2.24) is 15.5 Å². The second-order valence-corrected chi connectivity index (χ2v) is 9.18. The van der Waals surface area contributed by atoms with Gasteiger partial charge in [0.1, 0.15) is 5.60 Å². The van der Waals surface area contributed by atoms with Crippen LogP contribution >= 0.6 is 35.7 Å². The highest BCUT2D eigenvalue weighted by Gasteiger charge is 2.45. The molecular weight excluding hydrogens is 475 g/mol. The Bertz CT molecular complexity index is 485. The van der Waals surface area contributed by atoms with Crippen LogP contribution in [0.15, 0.2) is 4.99 Å². The zero-order valence-corrected chi connectivity index (χ0v) is 20.6. The van der Waals surface area contributed by atoms with Crippen LogP contribution in [0.2, 0.25) is 0 Å². The molecule has 2 rings (SSSR count). The first-order valence-electron chi connectivity index (χ1n) is 9.89. The topological polar surface area (TPSA) is 66.0 Å². The molecule has 2 aliphatic rings. The van der Waals surface area contributed by atoms with Crippen molar-refractivity contribution in [3.05, 3.63) is 0 Å². The number of amides is 1. The average Bonchev–Trinajstić information content (AvgIpc) is 2.82. The predicted molar refractivity (Wildman–Crippen MR) is 125 cm³/mol. The van der Waals surface area contributed by atoms with E-state index < -0.39 is 5.60 Å². The van der Waals surface area contributed by atoms with Crippen LogP contribution in [0.1, 0.15) is 59.8 Å². The molecule has 2 aliphatic heterocycles. The molecule has 2 heterocycles. The maximum Gasteiger partial charge on any atom is 0.410 e. The van der Waals surface area contributed by atoms with Crippen molar-refractivity contribution in [3.63, 3.8) is 0 Å². The van der Waals surface area contributed by atoms with E-state index >= 15 is 0 Å². The minimum atomic E-state index is -0.437. The van der Waals surface area contributed by atoms with Gasteiger partial charge in [0.05, 0.1) is 0 Å². The number of aliphatic imine (C=N–C) groups is 1. The molecule has 6 nitrogen and oxygen atoms in total. The van der Waals surface area contributed by atoms with E-state index in [-0.39, 0.29) is 42.2 Å². The fourth-order valence-electron chi connectivity index (χ4n) is 3.82. The van der Waals surface area contributed by atoms with Crippen LogP contribution < -0.4 is 10.6 Å². The largest absolute Gasteiger partial charge is 0.444 e. The first-order chi connectivity index (χ1) is 12.3. The lowest BCUT2D eigenvalue weighted by molar-refractivity contribution is 0.00545. The second-order valence-electron chi connectivity index (χ2n) is 8.19. The summed E-state index contributed by atoms with van der Waals surface area (Å²) < 4.78 is 5.62. The van der Waals surface area contributed by atoms with Gasteiger partial charge < -0.3 is 20.3 Å². The molecule has 0 aromatic heterocycles. The Hall–Kier alpha value is -0.380. The number of carbonyl (C=O) groups excluding carboxylic acids is 1. The molecule has 27 heavy (non-hydrogen) atoms. The Kier molecular flexibility index (Phi) is 10.6. The number of hydrogen-bond acceptors (Lipinski definition) is 4. The van der Waals surface area contributed by atoms with Gasteiger partial charge in [-0.05, 0) is 71.8 Å². The zero-order valence-electron chi connectivity index (χ0n) is 17.4. The Morgan fingerprint density at radius 2 is 1.89 bits per heavy atom. The lowest BCUT2D eigenvalue weighted by Crippen LogP contribution is -2.55. The van der Waals surface area contributed by atoms with Crippen LogP contribution in [0.5, 0.6) is 0 Å². The number of hydrogen-bond donors (Lipinski definition) is 2. The van der Waals surface area contributed by atoms with Crippen molar-refractivity contribution in [2.45, 2.75) is 83.5 Å². The van der Waals surface area contributed by atoms with E-state index in [1.165, 1.54) is 0 Å². The van der Waals surface area contributed by atoms with Crippen LogP contribution in [0.3, 0.4) is 0 Å². The van der Waals surface area contributed by atoms with Gasteiger partial charge in [0, 0.05) is 31.2 Å². The maximum absolute atomic E-state index is 12.6. The highest BCUT2D eigenvalue weighted by atomic mass is 127. The van der Waals surface area contributed by atoms with Crippen molar-refractivity contribution in [1.29, 1.82) is 0 Å². The van der Waals surface area contributed by atoms with Crippen LogP contribution in [-0.4, -0.2) is 65.8 Å². The molecule has 1 amide bonds. The van der Waals surface area contributed by atoms with Gasteiger partial charge >= 0.3 is 6.09 Å². The van der Waals surface area contributed by atoms with Crippen molar-refractivity contribution in [2.75, 3.05) is 25.1 Å². The Labute approximate surface area is 186 Å². The monoisotopic (exact) mass is 512 g/mol. The Balaban J connectivity index is 0.00000364. The molecular formula is C19H37IN4O2S. The van der Waals surface area contributed by atoms with Gasteiger partial charge in [-0.25, -0.2) is 4.79 Å². The van der Waals surface area contributed by atoms with Gasteiger partial charge in [-0.1, -0.05) is 0 Å². The van der Waals surface area contributed by atoms with Gasteiger partial charge in [0.15, 0.2) is 5.96 Å². The third kappa shape index (κ3) is 7.87. The molecule has 158 valence electrons. The van der Waals surface area contributed by atoms with E-state index in [0.717, 1.165) is 56.9 Å². The first-order valence-corrected chi connectivity index (χ1v) is 11.3.